The molecule has 1 aromatic heterocycles. The number of hydrogen-bond acceptors (Lipinski definition) is 3. The summed E-state index contributed by atoms with van der Waals surface area (Å²) in [5.74, 6) is 1.07. The topological polar surface area (TPSA) is 24.9 Å². The molecule has 1 aromatic rings. The van der Waals surface area contributed by atoms with E-state index in [-0.39, 0.29) is 0 Å². The monoisotopic (exact) mass is 166 g/mol. The van der Waals surface area contributed by atoms with Gasteiger partial charge in [0.25, 0.3) is 0 Å². The first-order valence-corrected chi connectivity index (χ1v) is 4.89. The Bertz CT molecular complexity index is 273. The van der Waals surface area contributed by atoms with E-state index in [1.807, 2.05) is 6.20 Å². The van der Waals surface area contributed by atoms with Crippen LogP contribution in [0.25, 0.3) is 0 Å². The van der Waals surface area contributed by atoms with Crippen LogP contribution in [-0.4, -0.2) is 17.8 Å². The number of fused-ring (bicyclic) bond motifs is 1. The smallest absolute Gasteiger partial charge is 0.129 e. The Labute approximate surface area is 70.4 Å². The predicted molar refractivity (Wildman–Crippen MR) is 48.2 cm³/mol. The molecule has 1 aliphatic heterocycles. The van der Waals surface area contributed by atoms with Gasteiger partial charge >= 0.3 is 0 Å². The summed E-state index contributed by atoms with van der Waals surface area (Å²) < 4.78 is 0. The van der Waals surface area contributed by atoms with Crippen LogP contribution in [-0.2, 0) is 6.42 Å². The Balaban J connectivity index is 2.41. The first-order chi connectivity index (χ1) is 5.40. The first kappa shape index (κ1) is 6.98. The van der Waals surface area contributed by atoms with Crippen molar-refractivity contribution in [3.63, 3.8) is 0 Å². The fourth-order valence-electron chi connectivity index (χ4n) is 1.27. The minimum atomic E-state index is 1.04. The van der Waals surface area contributed by atoms with Crippen LogP contribution in [0.5, 0.6) is 0 Å². The molecule has 11 heavy (non-hydrogen) atoms. The van der Waals surface area contributed by atoms with E-state index < -0.39 is 0 Å². The molecule has 1 N–H and O–H groups in total. The van der Waals surface area contributed by atoms with E-state index >= 15 is 0 Å². The number of nitrogens with zero attached hydrogens (tertiary/aromatic N) is 1. The van der Waals surface area contributed by atoms with Crippen LogP contribution in [0.3, 0.4) is 0 Å². The second-order valence-electron chi connectivity index (χ2n) is 2.56. The summed E-state index contributed by atoms with van der Waals surface area (Å²) in [7, 11) is 0. The van der Waals surface area contributed by atoms with Crippen molar-refractivity contribution in [3.8, 4) is 0 Å². The number of anilines is 1. The zero-order valence-electron chi connectivity index (χ0n) is 6.42. The van der Waals surface area contributed by atoms with E-state index in [9.17, 15) is 0 Å². The zero-order valence-corrected chi connectivity index (χ0v) is 7.24. The van der Waals surface area contributed by atoms with Crippen molar-refractivity contribution >= 4 is 17.6 Å². The molecule has 2 heterocycles. The van der Waals surface area contributed by atoms with Gasteiger partial charge in [-0.2, -0.15) is 0 Å². The standard InChI is InChI=1S/C8H10N2S/c1-11-7-4-6-2-3-9-8(6)10-5-7/h4-5H,2-3H2,1H3,(H,9,10). The molecule has 0 saturated carbocycles. The van der Waals surface area contributed by atoms with E-state index in [4.69, 9.17) is 0 Å². The third-order valence-corrected chi connectivity index (χ3v) is 2.56. The van der Waals surface area contributed by atoms with Gasteiger partial charge in [0.2, 0.25) is 0 Å². The minimum Gasteiger partial charge on any atom is -0.370 e. The lowest BCUT2D eigenvalue weighted by molar-refractivity contribution is 1.10. The molecule has 0 unspecified atom stereocenters. The SMILES string of the molecule is CSc1cnc2c(c1)CCN2. The fourth-order valence-corrected chi connectivity index (χ4v) is 1.68. The van der Waals surface area contributed by atoms with Crippen molar-refractivity contribution in [1.29, 1.82) is 0 Å². The molecule has 0 saturated heterocycles. The van der Waals surface area contributed by atoms with Gasteiger partial charge in [-0.1, -0.05) is 0 Å². The minimum absolute atomic E-state index is 1.04. The van der Waals surface area contributed by atoms with E-state index in [0.717, 1.165) is 18.8 Å². The number of nitrogens with one attached hydrogen (secondary N) is 1. The van der Waals surface area contributed by atoms with Gasteiger partial charge in [0.1, 0.15) is 5.82 Å². The summed E-state index contributed by atoms with van der Waals surface area (Å²) in [5.41, 5.74) is 1.36. The van der Waals surface area contributed by atoms with Crippen LogP contribution >= 0.6 is 11.8 Å². The van der Waals surface area contributed by atoms with Crippen molar-refractivity contribution in [2.75, 3.05) is 18.1 Å². The molecule has 0 bridgehead atoms. The molecule has 2 rings (SSSR count). The molecule has 0 aromatic carbocycles. The fraction of sp³-hybridized carbons (Fsp3) is 0.375. The summed E-state index contributed by atoms with van der Waals surface area (Å²) >= 11 is 1.74. The largest absolute Gasteiger partial charge is 0.370 e. The van der Waals surface area contributed by atoms with Crippen molar-refractivity contribution in [3.05, 3.63) is 17.8 Å². The summed E-state index contributed by atoms with van der Waals surface area (Å²) in [4.78, 5) is 5.56. The highest BCUT2D eigenvalue weighted by molar-refractivity contribution is 7.98. The molecule has 0 spiro atoms. The summed E-state index contributed by atoms with van der Waals surface area (Å²) in [5, 5.41) is 3.23. The van der Waals surface area contributed by atoms with Crippen LogP contribution in [0.2, 0.25) is 0 Å². The number of rotatable bonds is 1. The lowest BCUT2D eigenvalue weighted by Gasteiger charge is -1.99. The molecular formula is C8H10N2S. The Hall–Kier alpha value is -0.700. The van der Waals surface area contributed by atoms with Crippen LogP contribution in [0.1, 0.15) is 5.56 Å². The lowest BCUT2D eigenvalue weighted by atomic mass is 10.2. The van der Waals surface area contributed by atoms with E-state index in [2.05, 4.69) is 22.6 Å². The van der Waals surface area contributed by atoms with Gasteiger partial charge in [0.15, 0.2) is 0 Å². The number of thioether (sulfide) groups is 1. The molecule has 3 heteroatoms. The van der Waals surface area contributed by atoms with Crippen molar-refractivity contribution in [1.82, 2.24) is 4.98 Å². The van der Waals surface area contributed by atoms with Gasteiger partial charge in [-0.05, 0) is 24.3 Å². The summed E-state index contributed by atoms with van der Waals surface area (Å²) in [6, 6.07) is 2.22. The van der Waals surface area contributed by atoms with Gasteiger partial charge in [-0.25, -0.2) is 4.98 Å². The van der Waals surface area contributed by atoms with Gasteiger partial charge in [-0.3, -0.25) is 0 Å². The van der Waals surface area contributed by atoms with Crippen LogP contribution < -0.4 is 5.32 Å². The maximum Gasteiger partial charge on any atom is 0.129 e. The zero-order chi connectivity index (χ0) is 7.68. The number of aromatic nitrogens is 1. The van der Waals surface area contributed by atoms with E-state index in [1.54, 1.807) is 11.8 Å². The summed E-state index contributed by atoms with van der Waals surface area (Å²) in [6.07, 6.45) is 5.12. The maximum absolute atomic E-state index is 4.30. The average Bonchev–Trinajstić information content (AvgIpc) is 2.50. The maximum atomic E-state index is 4.30. The molecule has 2 nitrogen and oxygen atoms in total. The third-order valence-electron chi connectivity index (χ3n) is 1.86. The number of pyridine rings is 1. The van der Waals surface area contributed by atoms with Gasteiger partial charge in [0.05, 0.1) is 0 Å². The Morgan fingerprint density at radius 2 is 2.55 bits per heavy atom. The molecule has 0 atom stereocenters. The van der Waals surface area contributed by atoms with Crippen LogP contribution in [0.15, 0.2) is 17.2 Å². The molecule has 0 aliphatic carbocycles. The van der Waals surface area contributed by atoms with Gasteiger partial charge < -0.3 is 5.32 Å². The number of hydrogen-bond donors (Lipinski definition) is 1. The highest BCUT2D eigenvalue weighted by Crippen LogP contribution is 2.23. The lowest BCUT2D eigenvalue weighted by Crippen LogP contribution is -1.92. The van der Waals surface area contributed by atoms with E-state index in [0.29, 0.717) is 0 Å². The van der Waals surface area contributed by atoms with E-state index in [1.165, 1.54) is 10.5 Å². The van der Waals surface area contributed by atoms with Crippen LogP contribution in [0, 0.1) is 0 Å². The second-order valence-corrected chi connectivity index (χ2v) is 3.44. The van der Waals surface area contributed by atoms with Gasteiger partial charge in [-0.15, -0.1) is 11.8 Å². The Morgan fingerprint density at radius 3 is 3.36 bits per heavy atom. The first-order valence-electron chi connectivity index (χ1n) is 3.67. The highest BCUT2D eigenvalue weighted by Gasteiger charge is 2.10. The Morgan fingerprint density at radius 1 is 1.64 bits per heavy atom. The third kappa shape index (κ3) is 1.20. The Kier molecular flexibility index (Phi) is 1.74. The molecule has 0 amide bonds. The molecule has 0 radical (unpaired) electrons. The van der Waals surface area contributed by atoms with Crippen molar-refractivity contribution in [2.24, 2.45) is 0 Å². The van der Waals surface area contributed by atoms with Crippen molar-refractivity contribution in [2.45, 2.75) is 11.3 Å². The summed E-state index contributed by atoms with van der Waals surface area (Å²) in [6.45, 7) is 1.04. The quantitative estimate of drug-likeness (QED) is 0.644. The van der Waals surface area contributed by atoms with Gasteiger partial charge in [0, 0.05) is 17.6 Å². The second kappa shape index (κ2) is 2.74. The molecule has 0 fully saturated rings. The van der Waals surface area contributed by atoms with Crippen molar-refractivity contribution < 1.29 is 0 Å². The van der Waals surface area contributed by atoms with Crippen LogP contribution in [0.4, 0.5) is 5.82 Å². The highest BCUT2D eigenvalue weighted by atomic mass is 32.2. The molecule has 1 aliphatic rings. The molecular weight excluding hydrogens is 156 g/mol. The average molecular weight is 166 g/mol. The predicted octanol–water partition coefficient (Wildman–Crippen LogP) is 1.77. The molecule has 58 valence electrons. The normalized spacial score (nSPS) is 14.3.